The van der Waals surface area contributed by atoms with Crippen LogP contribution >= 0.6 is 0 Å². The van der Waals surface area contributed by atoms with Crippen LogP contribution in [0.3, 0.4) is 0 Å². The molecule has 0 radical (unpaired) electrons. The molecular formula is C30H35N3O4. The molecule has 0 aliphatic carbocycles. The average molecular weight is 504 g/mol. The van der Waals surface area contributed by atoms with Crippen LogP contribution in [0.5, 0.6) is 17.2 Å². The third-order valence-electron chi connectivity index (χ3n) is 9.29. The lowest BCUT2D eigenvalue weighted by atomic mass is 9.70. The summed E-state index contributed by atoms with van der Waals surface area (Å²) in [5, 5.41) is 15.7. The quantitative estimate of drug-likeness (QED) is 0.619. The Bertz CT molecular complexity index is 1370. The number of likely N-dealkylation sites (N-methyl/N-ethyl adjacent to an activating group) is 1. The van der Waals surface area contributed by atoms with E-state index in [1.54, 1.807) is 6.08 Å². The van der Waals surface area contributed by atoms with Gasteiger partial charge >= 0.3 is 0 Å². The maximum atomic E-state index is 10.6. The van der Waals surface area contributed by atoms with E-state index in [1.165, 1.54) is 27.8 Å². The van der Waals surface area contributed by atoms with Crippen molar-refractivity contribution in [1.29, 1.82) is 6.69 Å². The van der Waals surface area contributed by atoms with Crippen molar-refractivity contribution in [2.24, 2.45) is 0 Å². The van der Waals surface area contributed by atoms with Crippen LogP contribution in [-0.4, -0.2) is 61.5 Å². The van der Waals surface area contributed by atoms with E-state index in [9.17, 15) is 5.26 Å². The molecule has 1 fully saturated rings. The predicted octanol–water partition coefficient (Wildman–Crippen LogP) is 3.98. The molecule has 1 saturated heterocycles. The van der Waals surface area contributed by atoms with Crippen LogP contribution < -0.4 is 14.2 Å². The third kappa shape index (κ3) is 3.22. The predicted molar refractivity (Wildman–Crippen MR) is 140 cm³/mol. The average Bonchev–Trinajstić information content (AvgIpc) is 3.39. The minimum atomic E-state index is -0.374. The van der Waals surface area contributed by atoms with Crippen molar-refractivity contribution in [2.45, 2.75) is 70.7 Å². The molecule has 7 heteroatoms. The Labute approximate surface area is 220 Å². The minimum absolute atomic E-state index is 0.0146. The van der Waals surface area contributed by atoms with Gasteiger partial charge in [-0.3, -0.25) is 9.80 Å². The molecule has 0 aromatic heterocycles. The lowest BCUT2D eigenvalue weighted by Gasteiger charge is -2.60. The Kier molecular flexibility index (Phi) is 5.47. The summed E-state index contributed by atoms with van der Waals surface area (Å²) >= 11 is 0. The normalized spacial score (nSPS) is 28.0. The molecule has 0 amide bonds. The summed E-state index contributed by atoms with van der Waals surface area (Å²) < 4.78 is 26.0. The number of nitriles is 1. The fourth-order valence-electron chi connectivity index (χ4n) is 7.47. The number of aliphatic hydroxyl groups is 1. The first-order valence-corrected chi connectivity index (χ1v) is 13.1. The summed E-state index contributed by atoms with van der Waals surface area (Å²) in [6, 6.07) is 4.37. The molecule has 7 nitrogen and oxygen atoms in total. The van der Waals surface area contributed by atoms with Crippen LogP contribution in [0.1, 0.15) is 56.6 Å². The molecule has 5 atom stereocenters. The summed E-state index contributed by atoms with van der Waals surface area (Å²) in [7, 11) is 2.17. The molecule has 4 aliphatic rings. The van der Waals surface area contributed by atoms with Gasteiger partial charge in [-0.2, -0.15) is 5.26 Å². The second-order valence-corrected chi connectivity index (χ2v) is 10.9. The molecule has 4 aliphatic heterocycles. The van der Waals surface area contributed by atoms with Gasteiger partial charge in [0, 0.05) is 28.8 Å². The molecule has 0 spiro atoms. The fraction of sp³-hybridized carbons (Fsp3) is 0.500. The minimum Gasteiger partial charge on any atom is -0.489 e. The van der Waals surface area contributed by atoms with Crippen LogP contribution in [0.2, 0.25) is 0 Å². The van der Waals surface area contributed by atoms with Crippen LogP contribution in [-0.2, 0) is 12.8 Å². The van der Waals surface area contributed by atoms with Crippen molar-refractivity contribution in [1.82, 2.24) is 9.80 Å². The first kappa shape index (κ1) is 23.1. The molecule has 0 saturated carbocycles. The molecule has 1 N–H and O–H groups in total. The molecule has 37 heavy (non-hydrogen) atoms. The number of aryl methyl sites for hydroxylation is 1. The Morgan fingerprint density at radius 1 is 1.16 bits per heavy atom. The maximum Gasteiger partial charge on any atom is 0.231 e. The van der Waals surface area contributed by atoms with E-state index >= 15 is 0 Å². The first-order valence-electron chi connectivity index (χ1n) is 13.5. The van der Waals surface area contributed by atoms with Gasteiger partial charge < -0.3 is 19.3 Å². The number of fused-ring (bicyclic) bond motifs is 9. The van der Waals surface area contributed by atoms with Crippen molar-refractivity contribution in [2.75, 3.05) is 27.1 Å². The summed E-state index contributed by atoms with van der Waals surface area (Å²) in [4.78, 5) is 4.74. The Balaban J connectivity index is 1.61. The van der Waals surface area contributed by atoms with E-state index in [4.69, 9.17) is 20.8 Å². The van der Waals surface area contributed by atoms with Crippen LogP contribution in [0.4, 0.5) is 0 Å². The number of nitrogens with zero attached hydrogens (tertiary/aromatic N) is 3. The maximum absolute atomic E-state index is 10.6. The second kappa shape index (κ2) is 8.76. The fourth-order valence-corrected chi connectivity index (χ4v) is 7.47. The zero-order valence-corrected chi connectivity index (χ0v) is 22.3. The molecule has 2 aromatic carbocycles. The van der Waals surface area contributed by atoms with Gasteiger partial charge in [-0.15, -0.1) is 0 Å². The Morgan fingerprint density at radius 3 is 2.68 bits per heavy atom. The van der Waals surface area contributed by atoms with E-state index in [-0.39, 0.29) is 43.6 Å². The first-order chi connectivity index (χ1) is 18.3. The number of hydrogen-bond acceptors (Lipinski definition) is 7. The molecule has 6 rings (SSSR count). The number of piperazine rings is 1. The molecule has 194 valence electrons. The van der Waals surface area contributed by atoms with Gasteiger partial charge in [0.15, 0.2) is 11.5 Å². The lowest BCUT2D eigenvalue weighted by Crippen LogP contribution is -2.68. The van der Waals surface area contributed by atoms with Crippen molar-refractivity contribution in [3.63, 3.8) is 0 Å². The zero-order valence-electron chi connectivity index (χ0n) is 23.3. The van der Waals surface area contributed by atoms with Gasteiger partial charge in [0.1, 0.15) is 18.4 Å². The molecule has 2 aromatic rings. The van der Waals surface area contributed by atoms with Gasteiger partial charge in [0.25, 0.3) is 0 Å². The molecular weight excluding hydrogens is 466 g/mol. The highest BCUT2D eigenvalue weighted by molar-refractivity contribution is 5.66. The molecule has 2 bridgehead atoms. The number of hydrogen-bond donors (Lipinski definition) is 1. The van der Waals surface area contributed by atoms with Gasteiger partial charge in [-0.05, 0) is 75.4 Å². The smallest absolute Gasteiger partial charge is 0.231 e. The highest BCUT2D eigenvalue weighted by Gasteiger charge is 2.56. The van der Waals surface area contributed by atoms with Crippen LogP contribution in [0, 0.1) is 39.0 Å². The molecule has 4 heterocycles. The van der Waals surface area contributed by atoms with E-state index < -0.39 is 0 Å². The third-order valence-corrected chi connectivity index (χ3v) is 9.29. The van der Waals surface area contributed by atoms with Gasteiger partial charge in [-0.25, -0.2) is 0 Å². The summed E-state index contributed by atoms with van der Waals surface area (Å²) in [6.07, 6.45) is 3.23. The second-order valence-electron chi connectivity index (χ2n) is 10.9. The van der Waals surface area contributed by atoms with Crippen molar-refractivity contribution >= 4 is 0 Å². The van der Waals surface area contributed by atoms with E-state index in [1.807, 2.05) is 6.92 Å². The standard InChI is InChI=1S/C30H35N3O4/c1-7-8-35-28-18(5)29-30(37-14-36-29)26-20(28)11-22-27-25-17(4)16(3)15(2)9-19(25)10-21(32(27)6)23(12-31)33(22)24(26)13-34/h7,9,21-24,27,34H,1,8,10-11,13-14H2,2-6H3/t21-,22?,23-,24-,27-/m0/s1/i34T. The van der Waals surface area contributed by atoms with Crippen molar-refractivity contribution < 1.29 is 19.3 Å². The Morgan fingerprint density at radius 2 is 1.95 bits per heavy atom. The largest absolute Gasteiger partial charge is 0.489 e. The topological polar surface area (TPSA) is 78.2 Å². The van der Waals surface area contributed by atoms with Crippen LogP contribution in [0.15, 0.2) is 18.7 Å². The van der Waals surface area contributed by atoms with E-state index in [2.05, 4.69) is 56.3 Å². The van der Waals surface area contributed by atoms with Crippen molar-refractivity contribution in [3.8, 4) is 23.3 Å². The summed E-state index contributed by atoms with van der Waals surface area (Å²) in [6.45, 7) is 13.1. The number of rotatable bonds is 5. The zero-order chi connectivity index (χ0) is 26.9. The Hall–Kier alpha value is -3.05. The van der Waals surface area contributed by atoms with Gasteiger partial charge in [-0.1, -0.05) is 18.7 Å². The lowest BCUT2D eigenvalue weighted by molar-refractivity contribution is -0.0821. The number of benzene rings is 2. The van der Waals surface area contributed by atoms with E-state index in [0.717, 1.165) is 28.9 Å². The van der Waals surface area contributed by atoms with Crippen LogP contribution in [0.25, 0.3) is 0 Å². The monoisotopic (exact) mass is 503 g/mol. The van der Waals surface area contributed by atoms with Gasteiger partial charge in [0.2, 0.25) is 8.22 Å². The highest BCUT2D eigenvalue weighted by Crippen LogP contribution is 2.57. The van der Waals surface area contributed by atoms with Crippen molar-refractivity contribution in [3.05, 3.63) is 63.2 Å². The SMILES string of the molecule is [3H]OC[C@H]1c2c(c(OCC=C)c(C)c3c2OCO3)CC2[C@H]3c4c(cc(C)c(C)c4C)C[C@@H]([C@H](C#N)N21)N3C. The molecule has 1 unspecified atom stereocenters. The summed E-state index contributed by atoms with van der Waals surface area (Å²) in [5.41, 5.74) is 9.55. The van der Waals surface area contributed by atoms with E-state index in [0.29, 0.717) is 24.5 Å². The number of ether oxygens (including phenoxy) is 3. The highest BCUT2D eigenvalue weighted by atomic mass is 16.7. The van der Waals surface area contributed by atoms with Gasteiger partial charge in [0.05, 0.1) is 24.8 Å². The number of aliphatic hydroxyl groups excluding tert-OH is 1. The summed E-state index contributed by atoms with van der Waals surface area (Å²) in [5.74, 6) is 2.14.